The first kappa shape index (κ1) is 17.0. The van der Waals surface area contributed by atoms with Gasteiger partial charge in [-0.1, -0.05) is 17.7 Å². The highest BCUT2D eigenvalue weighted by Crippen LogP contribution is 2.23. The van der Waals surface area contributed by atoms with E-state index < -0.39 is 6.03 Å². The number of rotatable bonds is 3. The molecule has 0 aliphatic rings. The predicted octanol–water partition coefficient (Wildman–Crippen LogP) is 2.90. The minimum Gasteiger partial charge on any atom is -0.351 e. The van der Waals surface area contributed by atoms with Gasteiger partial charge >= 0.3 is 6.03 Å². The molecule has 0 heterocycles. The van der Waals surface area contributed by atoms with Gasteiger partial charge in [-0.05, 0) is 46.2 Å². The minimum absolute atomic E-state index is 0.223. The van der Waals surface area contributed by atoms with Crippen molar-refractivity contribution in [3.63, 3.8) is 0 Å². The number of carbonyl (C=O) groups is 1. The summed E-state index contributed by atoms with van der Waals surface area (Å²) in [6.07, 6.45) is 0. The van der Waals surface area contributed by atoms with E-state index in [1.54, 1.807) is 7.05 Å². The fraction of sp³-hybridized carbons (Fsp3) is 0.500. The van der Waals surface area contributed by atoms with Gasteiger partial charge in [-0.3, -0.25) is 4.99 Å². The topological polar surface area (TPSA) is 61.9 Å². The zero-order chi connectivity index (χ0) is 16.2. The second kappa shape index (κ2) is 7.11. The summed E-state index contributed by atoms with van der Waals surface area (Å²) in [6, 6.07) is 5.61. The molecule has 5 heteroatoms. The number of amides is 2. The molecule has 1 rings (SSSR count). The summed E-state index contributed by atoms with van der Waals surface area (Å²) >= 11 is 0. The predicted molar refractivity (Wildman–Crippen MR) is 88.9 cm³/mol. The van der Waals surface area contributed by atoms with Crippen molar-refractivity contribution in [3.05, 3.63) is 29.3 Å². The lowest BCUT2D eigenvalue weighted by molar-refractivity contribution is 0.255. The molecular formula is C16H26N4O. The molecule has 0 atom stereocenters. The van der Waals surface area contributed by atoms with Crippen LogP contribution >= 0.6 is 0 Å². The Morgan fingerprint density at radius 2 is 1.95 bits per heavy atom. The van der Waals surface area contributed by atoms with Crippen LogP contribution in [0, 0.1) is 13.8 Å². The monoisotopic (exact) mass is 290 g/mol. The van der Waals surface area contributed by atoms with Crippen LogP contribution in [0.4, 0.5) is 10.5 Å². The Balaban J connectivity index is 3.37. The lowest BCUT2D eigenvalue weighted by Gasteiger charge is -2.34. The average Bonchev–Trinajstić information content (AvgIpc) is 2.39. The number of guanidine groups is 1. The average molecular weight is 290 g/mol. The maximum Gasteiger partial charge on any atom is 0.326 e. The molecule has 1 aromatic carbocycles. The normalized spacial score (nSPS) is 11.7. The van der Waals surface area contributed by atoms with Crippen molar-refractivity contribution in [1.82, 2.24) is 4.90 Å². The van der Waals surface area contributed by atoms with Crippen LogP contribution in [0.3, 0.4) is 0 Å². The Labute approximate surface area is 127 Å². The molecule has 0 radical (unpaired) electrons. The van der Waals surface area contributed by atoms with Gasteiger partial charge in [0.05, 0.1) is 5.69 Å². The van der Waals surface area contributed by atoms with Crippen molar-refractivity contribution >= 4 is 17.7 Å². The van der Waals surface area contributed by atoms with E-state index in [9.17, 15) is 4.79 Å². The van der Waals surface area contributed by atoms with Crippen molar-refractivity contribution in [3.8, 4) is 0 Å². The van der Waals surface area contributed by atoms with Crippen LogP contribution in [0.2, 0.25) is 0 Å². The largest absolute Gasteiger partial charge is 0.351 e. The van der Waals surface area contributed by atoms with E-state index in [1.165, 1.54) is 4.90 Å². The van der Waals surface area contributed by atoms with Gasteiger partial charge < -0.3 is 10.6 Å². The fourth-order valence-corrected chi connectivity index (χ4v) is 2.48. The van der Waals surface area contributed by atoms with Gasteiger partial charge in [-0.25, -0.2) is 9.69 Å². The summed E-state index contributed by atoms with van der Waals surface area (Å²) in [6.45, 7) is 10.9. The maximum atomic E-state index is 12.0. The SMILES string of the molecule is CCN(C(=NC)N(C(N)=O)c1ccc(C)cc1C)C(C)C. The number of primary amides is 1. The molecule has 0 fully saturated rings. The molecule has 5 nitrogen and oxygen atoms in total. The molecule has 116 valence electrons. The molecule has 1 aromatic rings. The first-order chi connectivity index (χ1) is 9.83. The standard InChI is InChI=1S/C16H26N4O/c1-7-19(11(2)3)16(18-6)20(15(17)21)14-9-8-12(4)10-13(14)5/h8-11H,7H2,1-6H3,(H2,17,21). The molecule has 2 N–H and O–H groups in total. The molecule has 21 heavy (non-hydrogen) atoms. The Morgan fingerprint density at radius 1 is 1.33 bits per heavy atom. The van der Waals surface area contributed by atoms with E-state index in [4.69, 9.17) is 5.73 Å². The molecule has 0 saturated carbocycles. The molecule has 2 amide bonds. The number of aliphatic imine (C=N–C) groups is 1. The Hall–Kier alpha value is -2.04. The van der Waals surface area contributed by atoms with Crippen LogP contribution in [0.25, 0.3) is 0 Å². The smallest absolute Gasteiger partial charge is 0.326 e. The molecule has 0 unspecified atom stereocenters. The van der Waals surface area contributed by atoms with E-state index in [-0.39, 0.29) is 6.04 Å². The number of hydrogen-bond donors (Lipinski definition) is 1. The summed E-state index contributed by atoms with van der Waals surface area (Å²) in [4.78, 5) is 19.9. The summed E-state index contributed by atoms with van der Waals surface area (Å²) in [5, 5.41) is 0. The maximum absolute atomic E-state index is 12.0. The molecule has 0 spiro atoms. The van der Waals surface area contributed by atoms with Crippen LogP contribution in [0.5, 0.6) is 0 Å². The Kier molecular flexibility index (Phi) is 5.76. The van der Waals surface area contributed by atoms with Crippen LogP contribution in [-0.2, 0) is 0 Å². The highest BCUT2D eigenvalue weighted by atomic mass is 16.2. The third-order valence-electron chi connectivity index (χ3n) is 3.43. The quantitative estimate of drug-likeness (QED) is 0.687. The number of nitrogens with two attached hydrogens (primary N) is 1. The van der Waals surface area contributed by atoms with Crippen LogP contribution in [0.15, 0.2) is 23.2 Å². The minimum atomic E-state index is -0.526. The van der Waals surface area contributed by atoms with E-state index in [2.05, 4.69) is 18.8 Å². The van der Waals surface area contributed by atoms with Gasteiger partial charge in [0.15, 0.2) is 0 Å². The fourth-order valence-electron chi connectivity index (χ4n) is 2.48. The number of urea groups is 1. The number of hydrogen-bond acceptors (Lipinski definition) is 2. The summed E-state index contributed by atoms with van der Waals surface area (Å²) in [5.74, 6) is 0.576. The number of nitrogens with zero attached hydrogens (tertiary/aromatic N) is 3. The van der Waals surface area contributed by atoms with Gasteiger partial charge in [0.1, 0.15) is 0 Å². The number of anilines is 1. The van der Waals surface area contributed by atoms with Crippen LogP contribution < -0.4 is 10.6 Å². The first-order valence-corrected chi connectivity index (χ1v) is 7.23. The number of carbonyl (C=O) groups excluding carboxylic acids is 1. The van der Waals surface area contributed by atoms with Gasteiger partial charge in [-0.15, -0.1) is 0 Å². The lowest BCUT2D eigenvalue weighted by Crippen LogP contribution is -2.52. The second-order valence-corrected chi connectivity index (χ2v) is 5.37. The molecule has 0 saturated heterocycles. The van der Waals surface area contributed by atoms with E-state index in [0.29, 0.717) is 5.96 Å². The third kappa shape index (κ3) is 3.74. The van der Waals surface area contributed by atoms with Gasteiger partial charge in [0.25, 0.3) is 0 Å². The van der Waals surface area contributed by atoms with Gasteiger partial charge in [0.2, 0.25) is 5.96 Å². The van der Waals surface area contributed by atoms with Crippen LogP contribution in [-0.4, -0.2) is 36.5 Å². The summed E-state index contributed by atoms with van der Waals surface area (Å²) < 4.78 is 0. The van der Waals surface area contributed by atoms with Crippen molar-refractivity contribution in [2.45, 2.75) is 40.7 Å². The zero-order valence-corrected chi connectivity index (χ0v) is 13.8. The zero-order valence-electron chi connectivity index (χ0n) is 13.8. The van der Waals surface area contributed by atoms with Crippen LogP contribution in [0.1, 0.15) is 31.9 Å². The number of aryl methyl sites for hydroxylation is 2. The Morgan fingerprint density at radius 3 is 2.33 bits per heavy atom. The van der Waals surface area contributed by atoms with Crippen molar-refractivity contribution in [2.75, 3.05) is 18.5 Å². The molecule has 0 bridgehead atoms. The highest BCUT2D eigenvalue weighted by Gasteiger charge is 2.26. The van der Waals surface area contributed by atoms with Gasteiger partial charge in [0, 0.05) is 19.6 Å². The van der Waals surface area contributed by atoms with E-state index >= 15 is 0 Å². The Bertz CT molecular complexity index is 537. The lowest BCUT2D eigenvalue weighted by atomic mass is 10.1. The van der Waals surface area contributed by atoms with Gasteiger partial charge in [-0.2, -0.15) is 0 Å². The van der Waals surface area contributed by atoms with Crippen molar-refractivity contribution < 1.29 is 4.79 Å². The highest BCUT2D eigenvalue weighted by molar-refractivity contribution is 6.15. The van der Waals surface area contributed by atoms with E-state index in [1.807, 2.05) is 43.9 Å². The molecule has 0 aliphatic carbocycles. The molecule has 0 aromatic heterocycles. The van der Waals surface area contributed by atoms with Crippen molar-refractivity contribution in [1.29, 1.82) is 0 Å². The summed E-state index contributed by atoms with van der Waals surface area (Å²) in [7, 11) is 1.68. The number of benzene rings is 1. The van der Waals surface area contributed by atoms with Crippen molar-refractivity contribution in [2.24, 2.45) is 10.7 Å². The van der Waals surface area contributed by atoms with E-state index in [0.717, 1.165) is 23.4 Å². The first-order valence-electron chi connectivity index (χ1n) is 7.23. The second-order valence-electron chi connectivity index (χ2n) is 5.37. The molecular weight excluding hydrogens is 264 g/mol. The summed E-state index contributed by atoms with van der Waals surface area (Å²) in [5.41, 5.74) is 8.54. The third-order valence-corrected chi connectivity index (χ3v) is 3.43. The molecule has 0 aliphatic heterocycles.